The highest BCUT2D eigenvalue weighted by Gasteiger charge is 2.39. The summed E-state index contributed by atoms with van der Waals surface area (Å²) in [6.07, 6.45) is 0. The molecule has 10 heteroatoms. The number of rotatable bonds is 6. The van der Waals surface area contributed by atoms with Gasteiger partial charge in [-0.05, 0) is 59.2 Å². The summed E-state index contributed by atoms with van der Waals surface area (Å²) in [7, 11) is 0. The molecule has 0 radical (unpaired) electrons. The van der Waals surface area contributed by atoms with Crippen LogP contribution in [0.25, 0.3) is 0 Å². The first-order valence-corrected chi connectivity index (χ1v) is 12.5. The van der Waals surface area contributed by atoms with Gasteiger partial charge < -0.3 is 20.3 Å². The molecule has 198 valence electrons. The van der Waals surface area contributed by atoms with Crippen LogP contribution in [-0.4, -0.2) is 83.6 Å². The molecule has 2 aliphatic heterocycles. The summed E-state index contributed by atoms with van der Waals surface area (Å²) in [4.78, 5) is 44.5. The number of benzene rings is 1. The van der Waals surface area contributed by atoms with Crippen LogP contribution in [0.15, 0.2) is 35.5 Å². The minimum Gasteiger partial charge on any atom is -0.463 e. The minimum absolute atomic E-state index is 0.0701. The second kappa shape index (κ2) is 11.3. The molecule has 36 heavy (non-hydrogen) atoms. The van der Waals surface area contributed by atoms with Crippen molar-refractivity contribution in [2.24, 2.45) is 0 Å². The zero-order valence-corrected chi connectivity index (χ0v) is 22.1. The number of ether oxygens (including phenoxy) is 1. The lowest BCUT2D eigenvalue weighted by molar-refractivity contribution is -0.139. The Hall–Kier alpha value is -3.14. The van der Waals surface area contributed by atoms with Gasteiger partial charge in [0, 0.05) is 50.0 Å². The third-order valence-electron chi connectivity index (χ3n) is 6.26. The third-order valence-corrected chi connectivity index (χ3v) is 6.26. The van der Waals surface area contributed by atoms with E-state index < -0.39 is 17.8 Å². The minimum atomic E-state index is -0.832. The van der Waals surface area contributed by atoms with E-state index in [1.807, 2.05) is 39.5 Å². The topological polar surface area (TPSA) is 94.2 Å². The number of nitrogens with one attached hydrogen (secondary N) is 2. The van der Waals surface area contributed by atoms with Gasteiger partial charge in [0.05, 0.1) is 18.2 Å². The number of halogens is 1. The van der Waals surface area contributed by atoms with Crippen molar-refractivity contribution in [1.29, 1.82) is 0 Å². The molecule has 0 aromatic heterocycles. The number of amides is 4. The maximum Gasteiger partial charge on any atom is 0.338 e. The number of urea groups is 2. The van der Waals surface area contributed by atoms with Crippen molar-refractivity contribution in [3.05, 3.63) is 46.9 Å². The lowest BCUT2D eigenvalue weighted by atomic mass is 9.94. The van der Waals surface area contributed by atoms with Gasteiger partial charge >= 0.3 is 18.0 Å². The largest absolute Gasteiger partial charge is 0.463 e. The van der Waals surface area contributed by atoms with E-state index >= 15 is 0 Å². The number of esters is 1. The summed E-state index contributed by atoms with van der Waals surface area (Å²) in [5, 5.41) is 5.86. The molecule has 9 nitrogen and oxygen atoms in total. The summed E-state index contributed by atoms with van der Waals surface area (Å²) >= 11 is 0. The highest BCUT2D eigenvalue weighted by Crippen LogP contribution is 2.32. The van der Waals surface area contributed by atoms with Crippen molar-refractivity contribution in [2.75, 3.05) is 39.3 Å². The number of nitrogens with zero attached hydrogens (tertiary/aromatic N) is 3. The first-order valence-electron chi connectivity index (χ1n) is 12.5. The Balaban J connectivity index is 1.93. The number of carbonyl (C=O) groups excluding carboxylic acids is 3. The molecule has 4 amide bonds. The molecule has 2 N–H and O–H groups in total. The average molecular weight is 504 g/mol. The highest BCUT2D eigenvalue weighted by molar-refractivity contribution is 5.95. The first kappa shape index (κ1) is 27.4. The molecule has 1 aromatic rings. The summed E-state index contributed by atoms with van der Waals surface area (Å²) in [6.45, 7) is 13.9. The summed E-state index contributed by atoms with van der Waals surface area (Å²) in [6, 6.07) is 4.50. The predicted octanol–water partition coefficient (Wildman–Crippen LogP) is 3.24. The van der Waals surface area contributed by atoms with Gasteiger partial charge in [-0.15, -0.1) is 0 Å². The van der Waals surface area contributed by atoms with Crippen molar-refractivity contribution < 1.29 is 23.5 Å². The van der Waals surface area contributed by atoms with E-state index in [1.54, 1.807) is 19.1 Å². The Morgan fingerprint density at radius 2 is 1.94 bits per heavy atom. The smallest absolute Gasteiger partial charge is 0.338 e. The van der Waals surface area contributed by atoms with E-state index in [1.165, 1.54) is 17.0 Å². The number of hydrogen-bond donors (Lipinski definition) is 2. The number of carbonyl (C=O) groups is 3. The fraction of sp³-hybridized carbons (Fsp3) is 0.577. The van der Waals surface area contributed by atoms with Crippen molar-refractivity contribution in [2.45, 2.75) is 59.2 Å². The van der Waals surface area contributed by atoms with Gasteiger partial charge in [-0.3, -0.25) is 9.80 Å². The predicted molar refractivity (Wildman–Crippen MR) is 135 cm³/mol. The van der Waals surface area contributed by atoms with Crippen molar-refractivity contribution in [3.8, 4) is 0 Å². The molecule has 1 saturated heterocycles. The van der Waals surface area contributed by atoms with Crippen LogP contribution in [0, 0.1) is 5.82 Å². The summed E-state index contributed by atoms with van der Waals surface area (Å²) in [5.41, 5.74) is 0.964. The Bertz CT molecular complexity index is 1020. The lowest BCUT2D eigenvalue weighted by Gasteiger charge is -2.43. The molecule has 0 unspecified atom stereocenters. The van der Waals surface area contributed by atoms with E-state index in [0.29, 0.717) is 49.6 Å². The van der Waals surface area contributed by atoms with Crippen LogP contribution >= 0.6 is 0 Å². The van der Waals surface area contributed by atoms with Crippen LogP contribution in [0.5, 0.6) is 0 Å². The van der Waals surface area contributed by atoms with Gasteiger partial charge in [0.25, 0.3) is 0 Å². The van der Waals surface area contributed by atoms with Crippen molar-refractivity contribution in [3.63, 3.8) is 0 Å². The van der Waals surface area contributed by atoms with Gasteiger partial charge in [-0.1, -0.05) is 12.1 Å². The maximum atomic E-state index is 14.1. The Morgan fingerprint density at radius 1 is 1.22 bits per heavy atom. The SMILES string of the molecule is CCOC(=O)C1=C(CN2CCN(C(=O)NC(C)(C)C)[C@@H](C)C2)N(CC)C(=O)N[C@H]1c1cccc(F)c1. The molecule has 0 bridgehead atoms. The molecule has 2 aliphatic rings. The Morgan fingerprint density at radius 3 is 2.53 bits per heavy atom. The molecule has 1 fully saturated rings. The number of hydrogen-bond acceptors (Lipinski definition) is 5. The highest BCUT2D eigenvalue weighted by atomic mass is 19.1. The molecular weight excluding hydrogens is 465 g/mol. The first-order chi connectivity index (χ1) is 16.9. The fourth-order valence-electron chi connectivity index (χ4n) is 4.68. The summed E-state index contributed by atoms with van der Waals surface area (Å²) in [5.74, 6) is -1.00. The zero-order chi connectivity index (χ0) is 26.6. The number of likely N-dealkylation sites (N-methyl/N-ethyl adjacent to an activating group) is 1. The normalized spacial score (nSPS) is 21.4. The van der Waals surface area contributed by atoms with E-state index in [0.717, 1.165) is 0 Å². The molecule has 0 spiro atoms. The fourth-order valence-corrected chi connectivity index (χ4v) is 4.68. The molecular formula is C26H38FN5O4. The van der Waals surface area contributed by atoms with Crippen LogP contribution in [-0.2, 0) is 9.53 Å². The molecule has 0 aliphatic carbocycles. The lowest BCUT2D eigenvalue weighted by Crippen LogP contribution is -2.59. The van der Waals surface area contributed by atoms with Gasteiger partial charge in [0.1, 0.15) is 5.82 Å². The van der Waals surface area contributed by atoms with Crippen LogP contribution in [0.4, 0.5) is 14.0 Å². The second-order valence-electron chi connectivity index (χ2n) is 10.2. The van der Waals surface area contributed by atoms with Crippen LogP contribution < -0.4 is 10.6 Å². The van der Waals surface area contributed by atoms with Crippen LogP contribution in [0.1, 0.15) is 53.1 Å². The quantitative estimate of drug-likeness (QED) is 0.582. The van der Waals surface area contributed by atoms with Gasteiger partial charge in [0.2, 0.25) is 0 Å². The van der Waals surface area contributed by atoms with Crippen molar-refractivity contribution >= 4 is 18.0 Å². The number of piperazine rings is 1. The van der Waals surface area contributed by atoms with Gasteiger partial charge in [-0.25, -0.2) is 18.8 Å². The third kappa shape index (κ3) is 6.34. The van der Waals surface area contributed by atoms with E-state index in [4.69, 9.17) is 4.74 Å². The molecule has 2 atom stereocenters. The molecule has 3 rings (SSSR count). The second-order valence-corrected chi connectivity index (χ2v) is 10.2. The van der Waals surface area contributed by atoms with E-state index in [-0.39, 0.29) is 30.2 Å². The molecule has 1 aromatic carbocycles. The average Bonchev–Trinajstić information content (AvgIpc) is 2.78. The van der Waals surface area contributed by atoms with Gasteiger partial charge in [-0.2, -0.15) is 0 Å². The standard InChI is InChI=1S/C26H38FN5O4/c1-7-31-20(16-30-12-13-32(17(3)15-30)25(35)29-26(4,5)6)21(23(33)36-8-2)22(28-24(31)34)18-10-9-11-19(27)14-18/h9-11,14,17,22H,7-8,12-13,15-16H2,1-6H3,(H,28,34)(H,29,35)/t17-,22-/m0/s1. The Labute approximate surface area is 212 Å². The maximum absolute atomic E-state index is 14.1. The monoisotopic (exact) mass is 503 g/mol. The van der Waals surface area contributed by atoms with E-state index in [2.05, 4.69) is 15.5 Å². The molecule has 0 saturated carbocycles. The van der Waals surface area contributed by atoms with Crippen LogP contribution in [0.2, 0.25) is 0 Å². The van der Waals surface area contributed by atoms with E-state index in [9.17, 15) is 18.8 Å². The van der Waals surface area contributed by atoms with Gasteiger partial charge in [0.15, 0.2) is 0 Å². The van der Waals surface area contributed by atoms with Crippen molar-refractivity contribution in [1.82, 2.24) is 25.3 Å². The Kier molecular flexibility index (Phi) is 8.60. The van der Waals surface area contributed by atoms with Crippen LogP contribution in [0.3, 0.4) is 0 Å². The molecule has 2 heterocycles. The zero-order valence-electron chi connectivity index (χ0n) is 22.1. The summed E-state index contributed by atoms with van der Waals surface area (Å²) < 4.78 is 19.4.